The van der Waals surface area contributed by atoms with Crippen LogP contribution in [0, 0.1) is 5.82 Å². The smallest absolute Gasteiger partial charge is 0.335 e. The molecule has 3 rings (SSSR count). The summed E-state index contributed by atoms with van der Waals surface area (Å²) >= 11 is 0. The molecule has 0 aliphatic rings. The summed E-state index contributed by atoms with van der Waals surface area (Å²) in [6.45, 7) is 7.59. The van der Waals surface area contributed by atoms with Crippen LogP contribution in [0.1, 0.15) is 0 Å². The zero-order valence-electron chi connectivity index (χ0n) is 21.1. The highest BCUT2D eigenvalue weighted by atomic mass is 19.1. The molecule has 3 aromatic carbocycles. The molecule has 198 valence electrons. The fraction of sp³-hybridized carbons (Fsp3) is 0.200. The third kappa shape index (κ3) is 8.31. The van der Waals surface area contributed by atoms with Crippen molar-refractivity contribution < 1.29 is 37.7 Å². The highest BCUT2D eigenvalue weighted by molar-refractivity contribution is 5.88. The zero-order valence-corrected chi connectivity index (χ0v) is 21.1. The molecular formula is C30H29FO7. The second kappa shape index (κ2) is 14.3. The summed E-state index contributed by atoms with van der Waals surface area (Å²) in [5.41, 5.74) is 2.95. The fourth-order valence-corrected chi connectivity index (χ4v) is 3.39. The molecule has 0 aliphatic carbocycles. The molecule has 0 amide bonds. The Bertz CT molecular complexity index is 1250. The molecule has 0 fully saturated rings. The fourth-order valence-electron chi connectivity index (χ4n) is 3.39. The van der Waals surface area contributed by atoms with Gasteiger partial charge in [-0.25, -0.2) is 14.0 Å². The van der Waals surface area contributed by atoms with Crippen molar-refractivity contribution in [3.05, 3.63) is 97.4 Å². The molecule has 0 atom stereocenters. The Morgan fingerprint density at radius 1 is 0.789 bits per heavy atom. The maximum absolute atomic E-state index is 15.0. The van der Waals surface area contributed by atoms with Gasteiger partial charge in [0, 0.05) is 18.7 Å². The van der Waals surface area contributed by atoms with E-state index < -0.39 is 11.9 Å². The Morgan fingerprint density at radius 3 is 1.89 bits per heavy atom. The topological polar surface area (TPSA) is 80.3 Å². The van der Waals surface area contributed by atoms with Gasteiger partial charge in [-0.2, -0.15) is 0 Å². The molecule has 8 heteroatoms. The molecule has 0 bridgehead atoms. The number of esters is 2. The molecule has 0 spiro atoms. The number of carbonyl (C=O) groups is 2. The lowest BCUT2D eigenvalue weighted by Gasteiger charge is -2.10. The van der Waals surface area contributed by atoms with Gasteiger partial charge >= 0.3 is 11.9 Å². The van der Waals surface area contributed by atoms with E-state index in [0.29, 0.717) is 22.6 Å². The summed E-state index contributed by atoms with van der Waals surface area (Å²) in [5, 5.41) is 0. The second-order valence-electron chi connectivity index (χ2n) is 7.98. The molecule has 38 heavy (non-hydrogen) atoms. The van der Waals surface area contributed by atoms with Crippen molar-refractivity contribution in [2.45, 2.75) is 0 Å². The van der Waals surface area contributed by atoms with Crippen molar-refractivity contribution in [1.82, 2.24) is 0 Å². The Labute approximate surface area is 221 Å². The van der Waals surface area contributed by atoms with Gasteiger partial charge in [0.05, 0.1) is 12.2 Å². The maximum atomic E-state index is 15.0. The minimum atomic E-state index is -0.524. The largest absolute Gasteiger partial charge is 0.490 e. The summed E-state index contributed by atoms with van der Waals surface area (Å²) in [7, 11) is 1.47. The molecule has 0 radical (unpaired) electrons. The number of carbonyl (C=O) groups excluding carboxylic acids is 2. The number of halogens is 1. The lowest BCUT2D eigenvalue weighted by Crippen LogP contribution is -2.15. The molecule has 0 saturated heterocycles. The Balaban J connectivity index is 1.52. The van der Waals surface area contributed by atoms with Crippen LogP contribution in [-0.4, -0.2) is 52.1 Å². The van der Waals surface area contributed by atoms with E-state index in [1.54, 1.807) is 42.5 Å². The van der Waals surface area contributed by atoms with E-state index in [-0.39, 0.29) is 44.4 Å². The van der Waals surface area contributed by atoms with E-state index in [1.165, 1.54) is 13.2 Å². The normalized spacial score (nSPS) is 10.4. The van der Waals surface area contributed by atoms with Crippen LogP contribution in [0.2, 0.25) is 0 Å². The average Bonchev–Trinajstić information content (AvgIpc) is 2.94. The van der Waals surface area contributed by atoms with E-state index in [1.807, 2.05) is 18.2 Å². The molecule has 3 aromatic rings. The SMILES string of the molecule is C=CC(=O)OCCOc1ccc(-c2ccc(-c3ccc(OCCOC(=O)C(=C)COC)cc3)cc2F)cc1. The highest BCUT2D eigenvalue weighted by Gasteiger charge is 2.10. The lowest BCUT2D eigenvalue weighted by atomic mass is 9.99. The van der Waals surface area contributed by atoms with Gasteiger partial charge in [-0.05, 0) is 47.0 Å². The molecular weight excluding hydrogens is 491 g/mol. The first-order valence-corrected chi connectivity index (χ1v) is 11.8. The molecule has 0 N–H and O–H groups in total. The molecule has 0 unspecified atom stereocenters. The van der Waals surface area contributed by atoms with Crippen LogP contribution < -0.4 is 9.47 Å². The van der Waals surface area contributed by atoms with E-state index >= 15 is 0 Å². The minimum Gasteiger partial charge on any atom is -0.490 e. The standard InChI is InChI=1S/C30H29FO7/c1-4-29(32)37-17-15-35-26-12-7-23(8-13-26)27-14-9-24(19-28(27)31)22-5-10-25(11-6-22)36-16-18-38-30(33)21(2)20-34-3/h4-14,19H,1-2,15-18,20H2,3H3. The molecule has 0 saturated carbocycles. The van der Waals surface area contributed by atoms with Gasteiger partial charge in [-0.1, -0.05) is 49.6 Å². The third-order valence-corrected chi connectivity index (χ3v) is 5.28. The van der Waals surface area contributed by atoms with E-state index in [2.05, 4.69) is 13.2 Å². The third-order valence-electron chi connectivity index (χ3n) is 5.28. The Morgan fingerprint density at radius 2 is 1.34 bits per heavy atom. The van der Waals surface area contributed by atoms with Crippen molar-refractivity contribution in [3.63, 3.8) is 0 Å². The Kier molecular flexibility index (Phi) is 10.6. The van der Waals surface area contributed by atoms with Gasteiger partial charge in [0.15, 0.2) is 0 Å². The van der Waals surface area contributed by atoms with Crippen molar-refractivity contribution in [2.24, 2.45) is 0 Å². The molecule has 7 nitrogen and oxygen atoms in total. The number of hydrogen-bond acceptors (Lipinski definition) is 7. The van der Waals surface area contributed by atoms with Crippen LogP contribution in [0.15, 0.2) is 91.5 Å². The Hall–Kier alpha value is -4.43. The lowest BCUT2D eigenvalue weighted by molar-refractivity contribution is -0.140. The summed E-state index contributed by atoms with van der Waals surface area (Å²) < 4.78 is 40.8. The predicted octanol–water partition coefficient (Wildman–Crippen LogP) is 5.39. The number of methoxy groups -OCH3 is 1. The van der Waals surface area contributed by atoms with Crippen LogP contribution in [0.3, 0.4) is 0 Å². The number of benzene rings is 3. The van der Waals surface area contributed by atoms with Crippen LogP contribution >= 0.6 is 0 Å². The van der Waals surface area contributed by atoms with Crippen LogP contribution in [0.4, 0.5) is 4.39 Å². The zero-order chi connectivity index (χ0) is 27.3. The highest BCUT2D eigenvalue weighted by Crippen LogP contribution is 2.30. The van der Waals surface area contributed by atoms with Crippen LogP contribution in [0.25, 0.3) is 22.3 Å². The van der Waals surface area contributed by atoms with Gasteiger partial charge < -0.3 is 23.7 Å². The quantitative estimate of drug-likeness (QED) is 0.160. The van der Waals surface area contributed by atoms with Gasteiger partial charge in [0.25, 0.3) is 0 Å². The van der Waals surface area contributed by atoms with Gasteiger partial charge in [0.1, 0.15) is 43.7 Å². The molecule has 0 heterocycles. The predicted molar refractivity (Wildman–Crippen MR) is 141 cm³/mol. The first kappa shape index (κ1) is 28.1. The van der Waals surface area contributed by atoms with Gasteiger partial charge in [0.2, 0.25) is 0 Å². The first-order valence-electron chi connectivity index (χ1n) is 11.8. The average molecular weight is 521 g/mol. The summed E-state index contributed by atoms with van der Waals surface area (Å²) in [4.78, 5) is 22.7. The van der Waals surface area contributed by atoms with Gasteiger partial charge in [-0.3, -0.25) is 0 Å². The maximum Gasteiger partial charge on any atom is 0.335 e. The molecule has 0 aliphatic heterocycles. The second-order valence-corrected chi connectivity index (χ2v) is 7.98. The number of ether oxygens (including phenoxy) is 5. The first-order chi connectivity index (χ1) is 18.4. The van der Waals surface area contributed by atoms with Crippen LogP contribution in [-0.2, 0) is 23.8 Å². The van der Waals surface area contributed by atoms with E-state index in [4.69, 9.17) is 23.7 Å². The summed E-state index contributed by atoms with van der Waals surface area (Å²) in [6, 6.07) is 19.2. The monoisotopic (exact) mass is 520 g/mol. The van der Waals surface area contributed by atoms with Crippen LogP contribution in [0.5, 0.6) is 11.5 Å². The van der Waals surface area contributed by atoms with Crippen molar-refractivity contribution in [2.75, 3.05) is 40.1 Å². The summed E-state index contributed by atoms with van der Waals surface area (Å²) in [5.74, 6) is -0.210. The van der Waals surface area contributed by atoms with E-state index in [9.17, 15) is 14.0 Å². The van der Waals surface area contributed by atoms with E-state index in [0.717, 1.165) is 17.2 Å². The van der Waals surface area contributed by atoms with Crippen molar-refractivity contribution in [3.8, 4) is 33.8 Å². The molecule has 0 aromatic heterocycles. The summed E-state index contributed by atoms with van der Waals surface area (Å²) in [6.07, 6.45) is 1.09. The minimum absolute atomic E-state index is 0.0776. The number of rotatable bonds is 14. The van der Waals surface area contributed by atoms with Crippen molar-refractivity contribution in [1.29, 1.82) is 0 Å². The van der Waals surface area contributed by atoms with Gasteiger partial charge in [-0.15, -0.1) is 0 Å². The van der Waals surface area contributed by atoms with Crippen molar-refractivity contribution >= 4 is 11.9 Å². The number of hydrogen-bond donors (Lipinski definition) is 0.